The number of nitrogens with one attached hydrogen (secondary N) is 2. The van der Waals surface area contributed by atoms with Gasteiger partial charge in [-0.05, 0) is 72.3 Å². The minimum absolute atomic E-state index is 0.00165. The van der Waals surface area contributed by atoms with E-state index in [4.69, 9.17) is 12.2 Å². The lowest BCUT2D eigenvalue weighted by atomic mass is 9.86. The van der Waals surface area contributed by atoms with Crippen LogP contribution in [0.25, 0.3) is 0 Å². The molecule has 1 aliphatic heterocycles. The number of nitrogens with zero attached hydrogens (tertiary/aromatic N) is 1. The Morgan fingerprint density at radius 1 is 0.886 bits per heavy atom. The minimum Gasteiger partial charge on any atom is -0.372 e. The van der Waals surface area contributed by atoms with Gasteiger partial charge in [0.05, 0.1) is 0 Å². The van der Waals surface area contributed by atoms with Crippen molar-refractivity contribution in [2.75, 3.05) is 23.3 Å². The Morgan fingerprint density at radius 3 is 2.23 bits per heavy atom. The smallest absolute Gasteiger partial charge is 0.193 e. The third kappa shape index (κ3) is 6.70. The third-order valence-electron chi connectivity index (χ3n) is 6.51. The molecule has 0 spiro atoms. The van der Waals surface area contributed by atoms with Crippen LogP contribution in [0.4, 0.5) is 11.4 Å². The van der Waals surface area contributed by atoms with E-state index in [2.05, 4.69) is 60.6 Å². The second-order valence-corrected chi connectivity index (χ2v) is 10.7. The molecule has 4 rings (SSSR count). The van der Waals surface area contributed by atoms with Gasteiger partial charge in [-0.25, -0.2) is 0 Å². The molecule has 35 heavy (non-hydrogen) atoms. The Hall–Kier alpha value is -3.18. The number of hydrogen-bond acceptors (Lipinski definition) is 3. The van der Waals surface area contributed by atoms with Crippen LogP contribution in [0.5, 0.6) is 0 Å². The average molecular weight is 486 g/mol. The molecule has 0 radical (unpaired) electrons. The molecule has 4 nitrogen and oxygen atoms in total. The van der Waals surface area contributed by atoms with E-state index >= 15 is 0 Å². The Kier molecular flexibility index (Phi) is 7.86. The van der Waals surface area contributed by atoms with Crippen LogP contribution in [0.3, 0.4) is 0 Å². The van der Waals surface area contributed by atoms with E-state index in [1.54, 1.807) is 0 Å². The molecular formula is C30H35N3OS. The molecule has 1 aliphatic rings. The van der Waals surface area contributed by atoms with Gasteiger partial charge >= 0.3 is 0 Å². The molecule has 1 saturated heterocycles. The van der Waals surface area contributed by atoms with Gasteiger partial charge in [0.25, 0.3) is 0 Å². The van der Waals surface area contributed by atoms with E-state index in [0.29, 0.717) is 22.8 Å². The van der Waals surface area contributed by atoms with E-state index in [1.807, 2.05) is 48.5 Å². The SMILES string of the molecule is CC(C)(C)c1ccc(C(=O)c2cccc(NC(=S)NCc3ccc(N4CCCCC4)cc3)c2)cc1. The van der Waals surface area contributed by atoms with Crippen LogP contribution in [0.1, 0.15) is 67.1 Å². The third-order valence-corrected chi connectivity index (χ3v) is 6.75. The molecule has 1 fully saturated rings. The van der Waals surface area contributed by atoms with Crippen LogP contribution >= 0.6 is 12.2 Å². The van der Waals surface area contributed by atoms with Crippen LogP contribution < -0.4 is 15.5 Å². The highest BCUT2D eigenvalue weighted by Gasteiger charge is 2.15. The summed E-state index contributed by atoms with van der Waals surface area (Å²) in [5, 5.41) is 7.01. The van der Waals surface area contributed by atoms with Crippen LogP contribution in [-0.4, -0.2) is 24.0 Å². The van der Waals surface area contributed by atoms with Gasteiger partial charge in [0.1, 0.15) is 0 Å². The summed E-state index contributed by atoms with van der Waals surface area (Å²) in [7, 11) is 0. The summed E-state index contributed by atoms with van der Waals surface area (Å²) in [5.41, 5.74) is 5.85. The summed E-state index contributed by atoms with van der Waals surface area (Å²) < 4.78 is 0. The maximum absolute atomic E-state index is 13.0. The molecule has 0 saturated carbocycles. The van der Waals surface area contributed by atoms with Crippen LogP contribution in [-0.2, 0) is 12.0 Å². The van der Waals surface area contributed by atoms with Crippen molar-refractivity contribution in [3.05, 3.63) is 95.1 Å². The summed E-state index contributed by atoms with van der Waals surface area (Å²) >= 11 is 5.50. The number of anilines is 2. The van der Waals surface area contributed by atoms with Crippen molar-refractivity contribution in [1.29, 1.82) is 0 Å². The van der Waals surface area contributed by atoms with Crippen molar-refractivity contribution < 1.29 is 4.79 Å². The molecule has 2 N–H and O–H groups in total. The molecule has 0 aliphatic carbocycles. The van der Waals surface area contributed by atoms with Gasteiger partial charge in [0.15, 0.2) is 10.9 Å². The zero-order valence-corrected chi connectivity index (χ0v) is 21.8. The predicted octanol–water partition coefficient (Wildman–Crippen LogP) is 6.69. The summed E-state index contributed by atoms with van der Waals surface area (Å²) in [6, 6.07) is 24.1. The quantitative estimate of drug-likeness (QED) is 0.301. The van der Waals surface area contributed by atoms with Gasteiger partial charge in [0, 0.05) is 42.1 Å². The van der Waals surface area contributed by atoms with Crippen molar-refractivity contribution in [3.63, 3.8) is 0 Å². The van der Waals surface area contributed by atoms with Crippen molar-refractivity contribution >= 4 is 34.5 Å². The van der Waals surface area contributed by atoms with Gasteiger partial charge < -0.3 is 15.5 Å². The molecule has 3 aromatic rings. The van der Waals surface area contributed by atoms with Crippen LogP contribution in [0, 0.1) is 0 Å². The highest BCUT2D eigenvalue weighted by Crippen LogP contribution is 2.24. The Bertz CT molecular complexity index is 1160. The van der Waals surface area contributed by atoms with E-state index < -0.39 is 0 Å². The molecule has 3 aromatic carbocycles. The second-order valence-electron chi connectivity index (χ2n) is 10.3. The van der Waals surface area contributed by atoms with E-state index in [9.17, 15) is 4.79 Å². The highest BCUT2D eigenvalue weighted by molar-refractivity contribution is 7.80. The van der Waals surface area contributed by atoms with Crippen molar-refractivity contribution in [3.8, 4) is 0 Å². The molecule has 0 unspecified atom stereocenters. The number of carbonyl (C=O) groups is 1. The molecule has 182 valence electrons. The first-order valence-corrected chi connectivity index (χ1v) is 12.8. The van der Waals surface area contributed by atoms with Gasteiger partial charge in [-0.2, -0.15) is 0 Å². The number of ketones is 1. The summed E-state index contributed by atoms with van der Waals surface area (Å²) in [6.07, 6.45) is 3.89. The van der Waals surface area contributed by atoms with Crippen LogP contribution in [0.15, 0.2) is 72.8 Å². The van der Waals surface area contributed by atoms with Crippen molar-refractivity contribution in [1.82, 2.24) is 5.32 Å². The van der Waals surface area contributed by atoms with Crippen molar-refractivity contribution in [2.24, 2.45) is 0 Å². The monoisotopic (exact) mass is 485 g/mol. The zero-order valence-electron chi connectivity index (χ0n) is 20.9. The van der Waals surface area contributed by atoms with E-state index in [1.165, 1.54) is 36.1 Å². The molecule has 1 heterocycles. The number of hydrogen-bond donors (Lipinski definition) is 2. The molecule has 0 bridgehead atoms. The largest absolute Gasteiger partial charge is 0.372 e. The maximum Gasteiger partial charge on any atom is 0.193 e. The molecule has 0 aromatic heterocycles. The number of thiocarbonyl (C=S) groups is 1. The fourth-order valence-electron chi connectivity index (χ4n) is 4.36. The lowest BCUT2D eigenvalue weighted by Crippen LogP contribution is -2.29. The predicted molar refractivity (Wildman–Crippen MR) is 151 cm³/mol. The Balaban J connectivity index is 1.32. The average Bonchev–Trinajstić information content (AvgIpc) is 2.87. The molecule has 5 heteroatoms. The lowest BCUT2D eigenvalue weighted by molar-refractivity contribution is 0.103. The first-order chi connectivity index (χ1) is 16.8. The second kappa shape index (κ2) is 11.0. The first-order valence-electron chi connectivity index (χ1n) is 12.4. The summed E-state index contributed by atoms with van der Waals surface area (Å²) in [5.74, 6) is 0.00165. The summed E-state index contributed by atoms with van der Waals surface area (Å²) in [6.45, 7) is 9.44. The number of piperidine rings is 1. The normalized spacial score (nSPS) is 13.9. The lowest BCUT2D eigenvalue weighted by Gasteiger charge is -2.28. The van der Waals surface area contributed by atoms with E-state index in [0.717, 1.165) is 18.8 Å². The number of carbonyl (C=O) groups excluding carboxylic acids is 1. The Morgan fingerprint density at radius 2 is 1.57 bits per heavy atom. The van der Waals surface area contributed by atoms with Crippen molar-refractivity contribution in [2.45, 2.75) is 52.0 Å². The highest BCUT2D eigenvalue weighted by atomic mass is 32.1. The zero-order chi connectivity index (χ0) is 24.8. The maximum atomic E-state index is 13.0. The fraction of sp³-hybridized carbons (Fsp3) is 0.333. The first kappa shape index (κ1) is 24.9. The Labute approximate surface area is 214 Å². The van der Waals surface area contributed by atoms with Gasteiger partial charge in [-0.3, -0.25) is 4.79 Å². The molecular weight excluding hydrogens is 450 g/mol. The van der Waals surface area contributed by atoms with E-state index in [-0.39, 0.29) is 11.2 Å². The topological polar surface area (TPSA) is 44.4 Å². The minimum atomic E-state index is 0.00165. The number of rotatable bonds is 6. The molecule has 0 atom stereocenters. The summed E-state index contributed by atoms with van der Waals surface area (Å²) in [4.78, 5) is 15.5. The van der Waals surface area contributed by atoms with Gasteiger partial charge in [0.2, 0.25) is 0 Å². The van der Waals surface area contributed by atoms with Gasteiger partial charge in [-0.1, -0.05) is 69.3 Å². The number of benzene rings is 3. The fourth-order valence-corrected chi connectivity index (χ4v) is 4.55. The molecule has 0 amide bonds. The van der Waals surface area contributed by atoms with Gasteiger partial charge in [-0.15, -0.1) is 0 Å². The standard InChI is InChI=1S/C30H35N3OS/c1-30(2,3)25-14-12-23(13-15-25)28(34)24-8-7-9-26(20-24)32-29(35)31-21-22-10-16-27(17-11-22)33-18-5-4-6-19-33/h7-17,20H,4-6,18-19,21H2,1-3H3,(H2,31,32,35). The van der Waals surface area contributed by atoms with Crippen LogP contribution in [0.2, 0.25) is 0 Å².